The van der Waals surface area contributed by atoms with E-state index in [9.17, 15) is 14.7 Å². The van der Waals surface area contributed by atoms with Gasteiger partial charge >= 0.3 is 12.1 Å². The molecule has 1 fully saturated rings. The third kappa shape index (κ3) is 6.07. The minimum absolute atomic E-state index is 0.0452. The predicted octanol–water partition coefficient (Wildman–Crippen LogP) is 5.01. The van der Waals surface area contributed by atoms with Crippen molar-refractivity contribution in [1.82, 2.24) is 4.90 Å². The average Bonchev–Trinajstić information content (AvgIpc) is 3.16. The number of likely N-dealkylation sites (tertiary alicyclic amines) is 1. The molecule has 0 radical (unpaired) electrons. The monoisotopic (exact) mass is 484 g/mol. The molecule has 2 aromatic carbocycles. The number of amides is 1. The second-order valence-corrected chi connectivity index (χ2v) is 10.8. The first-order valence-corrected chi connectivity index (χ1v) is 12.4. The zero-order chi connectivity index (χ0) is 26.0. The lowest BCUT2D eigenvalue weighted by molar-refractivity contribution is -0.145. The third-order valence-corrected chi connectivity index (χ3v) is 6.55. The molecule has 2 atom stereocenters. The Morgan fingerprint density at radius 3 is 2.46 bits per heavy atom. The number of rotatable bonds is 7. The summed E-state index contributed by atoms with van der Waals surface area (Å²) in [6.07, 6.45) is 3.86. The average molecular weight is 485 g/mol. The van der Waals surface area contributed by atoms with Crippen molar-refractivity contribution in [3.05, 3.63) is 41.5 Å². The van der Waals surface area contributed by atoms with Gasteiger partial charge in [0, 0.05) is 26.2 Å². The number of ether oxygens (including phenoxy) is 2. The van der Waals surface area contributed by atoms with Crippen molar-refractivity contribution in [3.8, 4) is 0 Å². The molecule has 2 aromatic rings. The Kier molecular flexibility index (Phi) is 8.00. The number of benzene rings is 2. The summed E-state index contributed by atoms with van der Waals surface area (Å²) in [6, 6.07) is 9.32. The number of carbonyl (C=O) groups excluding carboxylic acids is 2. The number of aryl methyl sites for hydroxylation is 1. The molecule has 3 rings (SSSR count). The molecule has 1 N–H and O–H groups in total. The SMILES string of the molecule is CCCCCc1cc2cc(C3(O)CC(C(=O)OC)N(C(=O)OC(C)(C)C)C3)ccc2cc1N(C)C. The van der Waals surface area contributed by atoms with E-state index >= 15 is 0 Å². The van der Waals surface area contributed by atoms with E-state index in [2.05, 4.69) is 38.1 Å². The fraction of sp³-hybridized carbons (Fsp3) is 0.571. The topological polar surface area (TPSA) is 79.3 Å². The van der Waals surface area contributed by atoms with Crippen LogP contribution in [0.3, 0.4) is 0 Å². The minimum Gasteiger partial charge on any atom is -0.467 e. The highest BCUT2D eigenvalue weighted by atomic mass is 16.6. The summed E-state index contributed by atoms with van der Waals surface area (Å²) >= 11 is 0. The van der Waals surface area contributed by atoms with Crippen LogP contribution in [0.5, 0.6) is 0 Å². The Labute approximate surface area is 209 Å². The van der Waals surface area contributed by atoms with Crippen LogP contribution in [0.1, 0.15) is 64.5 Å². The number of hydrogen-bond acceptors (Lipinski definition) is 6. The lowest BCUT2D eigenvalue weighted by atomic mass is 9.89. The van der Waals surface area contributed by atoms with E-state index in [1.54, 1.807) is 20.8 Å². The smallest absolute Gasteiger partial charge is 0.411 e. The molecule has 192 valence electrons. The quantitative estimate of drug-likeness (QED) is 0.440. The molecule has 0 aliphatic carbocycles. The van der Waals surface area contributed by atoms with Gasteiger partial charge in [-0.25, -0.2) is 9.59 Å². The van der Waals surface area contributed by atoms with Crippen LogP contribution in [0.15, 0.2) is 30.3 Å². The van der Waals surface area contributed by atoms with Crippen LogP contribution in [0.2, 0.25) is 0 Å². The maximum atomic E-state index is 12.9. The molecule has 0 saturated carbocycles. The summed E-state index contributed by atoms with van der Waals surface area (Å²) in [5.74, 6) is -0.568. The summed E-state index contributed by atoms with van der Waals surface area (Å²) in [7, 11) is 5.39. The van der Waals surface area contributed by atoms with E-state index in [-0.39, 0.29) is 13.0 Å². The van der Waals surface area contributed by atoms with Crippen LogP contribution in [-0.2, 0) is 26.3 Å². The molecular formula is C28H40N2O5. The number of β-amino-alcohol motifs (C(OH)–C–C–N with tert-alkyl or cyclic N) is 1. The molecule has 0 bridgehead atoms. The Bertz CT molecular complexity index is 1070. The molecule has 35 heavy (non-hydrogen) atoms. The van der Waals surface area contributed by atoms with Crippen molar-refractivity contribution in [2.45, 2.75) is 77.0 Å². The standard InChI is InChI=1S/C28H40N2O5/c1-8-9-10-11-20-14-21-15-22(13-12-19(21)16-23(20)29(5)6)28(33)17-24(25(31)34-7)30(18-28)26(32)35-27(2,3)4/h12-16,24,33H,8-11,17-18H2,1-7H3. The van der Waals surface area contributed by atoms with Crippen molar-refractivity contribution in [1.29, 1.82) is 0 Å². The normalized spacial score (nSPS) is 20.2. The Morgan fingerprint density at radius 1 is 1.14 bits per heavy atom. The number of anilines is 1. The molecule has 7 nitrogen and oxygen atoms in total. The Balaban J connectivity index is 1.98. The van der Waals surface area contributed by atoms with Crippen LogP contribution in [0.4, 0.5) is 10.5 Å². The molecule has 0 spiro atoms. The number of hydrogen-bond donors (Lipinski definition) is 1. The molecule has 1 aliphatic heterocycles. The van der Waals surface area contributed by atoms with Crippen LogP contribution in [-0.4, -0.2) is 61.5 Å². The van der Waals surface area contributed by atoms with E-state index in [0.29, 0.717) is 5.56 Å². The third-order valence-electron chi connectivity index (χ3n) is 6.55. The van der Waals surface area contributed by atoms with E-state index in [4.69, 9.17) is 9.47 Å². The molecular weight excluding hydrogens is 444 g/mol. The van der Waals surface area contributed by atoms with Crippen molar-refractivity contribution in [3.63, 3.8) is 0 Å². The van der Waals surface area contributed by atoms with Crippen molar-refractivity contribution in [2.24, 2.45) is 0 Å². The van der Waals surface area contributed by atoms with Crippen molar-refractivity contribution >= 4 is 28.5 Å². The van der Waals surface area contributed by atoms with Crippen molar-refractivity contribution in [2.75, 3.05) is 32.6 Å². The summed E-state index contributed by atoms with van der Waals surface area (Å²) in [5, 5.41) is 13.8. The Morgan fingerprint density at radius 2 is 1.86 bits per heavy atom. The highest BCUT2D eigenvalue weighted by molar-refractivity contribution is 5.88. The van der Waals surface area contributed by atoms with Crippen LogP contribution >= 0.6 is 0 Å². The van der Waals surface area contributed by atoms with Gasteiger partial charge in [0.25, 0.3) is 0 Å². The van der Waals surface area contributed by atoms with Gasteiger partial charge in [0.2, 0.25) is 0 Å². The fourth-order valence-electron chi connectivity index (χ4n) is 4.76. The van der Waals surface area contributed by atoms with E-state index in [0.717, 1.165) is 30.0 Å². The number of nitrogens with zero attached hydrogens (tertiary/aromatic N) is 2. The number of methoxy groups -OCH3 is 1. The van der Waals surface area contributed by atoms with Gasteiger partial charge in [-0.3, -0.25) is 4.90 Å². The second kappa shape index (κ2) is 10.4. The summed E-state index contributed by atoms with van der Waals surface area (Å²) < 4.78 is 10.4. The number of carbonyl (C=O) groups is 2. The molecule has 1 amide bonds. The lowest BCUT2D eigenvalue weighted by Crippen LogP contribution is -2.44. The van der Waals surface area contributed by atoms with Gasteiger partial charge in [-0.05, 0) is 73.7 Å². The highest BCUT2D eigenvalue weighted by Gasteiger charge is 2.50. The second-order valence-electron chi connectivity index (χ2n) is 10.8. The lowest BCUT2D eigenvalue weighted by Gasteiger charge is -2.28. The number of unbranched alkanes of at least 4 members (excludes halogenated alkanes) is 2. The highest BCUT2D eigenvalue weighted by Crippen LogP contribution is 2.39. The molecule has 0 aromatic heterocycles. The van der Waals surface area contributed by atoms with Gasteiger partial charge in [-0.1, -0.05) is 31.9 Å². The first-order valence-electron chi connectivity index (χ1n) is 12.4. The van der Waals surface area contributed by atoms with E-state index in [1.165, 1.54) is 29.7 Å². The summed E-state index contributed by atoms with van der Waals surface area (Å²) in [5.41, 5.74) is 1.02. The zero-order valence-corrected chi connectivity index (χ0v) is 22.2. The van der Waals surface area contributed by atoms with Crippen molar-refractivity contribution < 1.29 is 24.2 Å². The van der Waals surface area contributed by atoms with Crippen LogP contribution in [0.25, 0.3) is 10.8 Å². The molecule has 1 saturated heterocycles. The maximum absolute atomic E-state index is 12.9. The van der Waals surface area contributed by atoms with Crippen LogP contribution < -0.4 is 4.90 Å². The molecule has 1 heterocycles. The van der Waals surface area contributed by atoms with E-state index < -0.39 is 29.3 Å². The van der Waals surface area contributed by atoms with Gasteiger partial charge in [-0.2, -0.15) is 0 Å². The van der Waals surface area contributed by atoms with Gasteiger partial charge < -0.3 is 19.5 Å². The van der Waals surface area contributed by atoms with Crippen LogP contribution in [0, 0.1) is 0 Å². The first kappa shape index (κ1) is 26.8. The number of esters is 1. The summed E-state index contributed by atoms with van der Waals surface area (Å²) in [6.45, 7) is 7.45. The molecule has 1 aliphatic rings. The Hall–Kier alpha value is -2.80. The van der Waals surface area contributed by atoms with Gasteiger partial charge in [-0.15, -0.1) is 0 Å². The molecule has 7 heteroatoms. The maximum Gasteiger partial charge on any atom is 0.411 e. The molecule has 2 unspecified atom stereocenters. The number of aliphatic hydroxyl groups is 1. The van der Waals surface area contributed by atoms with Gasteiger partial charge in [0.15, 0.2) is 0 Å². The van der Waals surface area contributed by atoms with Gasteiger partial charge in [0.1, 0.15) is 17.2 Å². The number of fused-ring (bicyclic) bond motifs is 1. The first-order chi connectivity index (χ1) is 16.4. The fourth-order valence-corrected chi connectivity index (χ4v) is 4.76. The zero-order valence-electron chi connectivity index (χ0n) is 22.2. The predicted molar refractivity (Wildman–Crippen MR) is 139 cm³/mol. The van der Waals surface area contributed by atoms with E-state index in [1.807, 2.05) is 18.2 Å². The largest absolute Gasteiger partial charge is 0.467 e. The minimum atomic E-state index is -1.40. The van der Waals surface area contributed by atoms with Gasteiger partial charge in [0.05, 0.1) is 13.7 Å². The summed E-state index contributed by atoms with van der Waals surface area (Å²) in [4.78, 5) is 28.8.